The minimum Gasteiger partial charge on any atom is -0.329 e. The summed E-state index contributed by atoms with van der Waals surface area (Å²) in [6.07, 6.45) is 1.62. The second-order valence-corrected chi connectivity index (χ2v) is 4.13. The van der Waals surface area contributed by atoms with Crippen molar-refractivity contribution in [3.05, 3.63) is 22.8 Å². The Morgan fingerprint density at radius 1 is 1.73 bits per heavy atom. The van der Waals surface area contributed by atoms with Gasteiger partial charge in [-0.15, -0.1) is 6.58 Å². The number of amides is 1. The topological polar surface area (TPSA) is 63.5 Å². The predicted octanol–water partition coefficient (Wildman–Crippen LogP) is 1.07. The summed E-state index contributed by atoms with van der Waals surface area (Å²) >= 11 is 0. The maximum atomic E-state index is 11.6. The van der Waals surface area contributed by atoms with E-state index in [9.17, 15) is 14.9 Å². The number of hydrogen-bond acceptors (Lipinski definition) is 3. The summed E-state index contributed by atoms with van der Waals surface area (Å²) in [7, 11) is 0. The molecule has 0 aromatic rings. The van der Waals surface area contributed by atoms with E-state index in [0.29, 0.717) is 6.54 Å². The van der Waals surface area contributed by atoms with E-state index in [0.717, 1.165) is 0 Å². The molecule has 0 saturated carbocycles. The maximum Gasteiger partial charge on any atom is 0.242 e. The van der Waals surface area contributed by atoms with Gasteiger partial charge in [-0.1, -0.05) is 19.9 Å². The molecule has 1 rings (SSSR count). The molecule has 0 unspecified atom stereocenters. The van der Waals surface area contributed by atoms with Crippen molar-refractivity contribution in [2.75, 3.05) is 6.54 Å². The van der Waals surface area contributed by atoms with E-state index in [1.807, 2.05) is 13.8 Å². The van der Waals surface area contributed by atoms with Crippen molar-refractivity contribution < 1.29 is 9.72 Å². The summed E-state index contributed by atoms with van der Waals surface area (Å²) in [5, 5.41) is 10.8. The summed E-state index contributed by atoms with van der Waals surface area (Å²) in [5.74, 6) is -0.0536. The predicted molar refractivity (Wildman–Crippen MR) is 55.9 cm³/mol. The first-order chi connectivity index (χ1) is 6.99. The number of carbonyl (C=O) groups excluding carboxylic acids is 1. The average molecular weight is 212 g/mol. The molecule has 1 amide bonds. The second-order valence-electron chi connectivity index (χ2n) is 4.13. The van der Waals surface area contributed by atoms with Crippen molar-refractivity contribution in [1.29, 1.82) is 0 Å². The third-order valence-corrected chi connectivity index (χ3v) is 2.74. The quantitative estimate of drug-likeness (QED) is 0.398. The van der Waals surface area contributed by atoms with Gasteiger partial charge >= 0.3 is 0 Å². The van der Waals surface area contributed by atoms with E-state index in [4.69, 9.17) is 0 Å². The van der Waals surface area contributed by atoms with Crippen LogP contribution in [0.4, 0.5) is 0 Å². The highest BCUT2D eigenvalue weighted by molar-refractivity contribution is 5.80. The van der Waals surface area contributed by atoms with Gasteiger partial charge < -0.3 is 4.90 Å². The van der Waals surface area contributed by atoms with Crippen molar-refractivity contribution in [1.82, 2.24) is 4.90 Å². The van der Waals surface area contributed by atoms with Crippen LogP contribution in [0, 0.1) is 16.0 Å². The van der Waals surface area contributed by atoms with E-state index in [2.05, 4.69) is 6.58 Å². The number of likely N-dealkylation sites (tertiary alicyclic amines) is 1. The maximum absolute atomic E-state index is 11.6. The Labute approximate surface area is 88.9 Å². The molecule has 0 N–H and O–H groups in total. The summed E-state index contributed by atoms with van der Waals surface area (Å²) in [6.45, 7) is 7.75. The molecule has 0 spiro atoms. The van der Waals surface area contributed by atoms with Crippen LogP contribution in [0.3, 0.4) is 0 Å². The Balaban J connectivity index is 2.92. The lowest BCUT2D eigenvalue weighted by Gasteiger charge is -2.26. The van der Waals surface area contributed by atoms with Gasteiger partial charge in [0.1, 0.15) is 6.04 Å². The molecule has 1 saturated heterocycles. The molecule has 5 heteroatoms. The largest absolute Gasteiger partial charge is 0.329 e. The summed E-state index contributed by atoms with van der Waals surface area (Å²) < 4.78 is 0. The standard InChI is InChI=1S/C10H16N2O3/c1-4-5-11-9(13)6-8(12(14)15)10(11)7(2)3/h4,7-8,10H,1,5-6H2,2-3H3/t8-,10+/m1/s1. The van der Waals surface area contributed by atoms with E-state index < -0.39 is 6.04 Å². The van der Waals surface area contributed by atoms with Gasteiger partial charge in [0.05, 0.1) is 6.42 Å². The van der Waals surface area contributed by atoms with E-state index in [1.54, 1.807) is 11.0 Å². The lowest BCUT2D eigenvalue weighted by molar-refractivity contribution is -0.525. The molecule has 1 heterocycles. The second kappa shape index (κ2) is 4.42. The number of nitro groups is 1. The normalized spacial score (nSPS) is 26.1. The first-order valence-electron chi connectivity index (χ1n) is 5.03. The minimum absolute atomic E-state index is 0.0175. The fourth-order valence-electron chi connectivity index (χ4n) is 2.16. The minimum atomic E-state index is -0.766. The summed E-state index contributed by atoms with van der Waals surface area (Å²) in [4.78, 5) is 23.6. The van der Waals surface area contributed by atoms with Gasteiger partial charge in [0.2, 0.25) is 11.9 Å². The number of hydrogen-bond donors (Lipinski definition) is 0. The highest BCUT2D eigenvalue weighted by Crippen LogP contribution is 2.27. The van der Waals surface area contributed by atoms with Crippen LogP contribution >= 0.6 is 0 Å². The zero-order valence-electron chi connectivity index (χ0n) is 9.05. The highest BCUT2D eigenvalue weighted by Gasteiger charge is 2.47. The first kappa shape index (κ1) is 11.7. The zero-order chi connectivity index (χ0) is 11.6. The SMILES string of the molecule is C=CCN1C(=O)C[C@@H]([N+](=O)[O-])[C@@H]1C(C)C. The first-order valence-corrected chi connectivity index (χ1v) is 5.03. The molecular formula is C10H16N2O3. The molecule has 1 aliphatic heterocycles. The van der Waals surface area contributed by atoms with Crippen LogP contribution in [0.5, 0.6) is 0 Å². The highest BCUT2D eigenvalue weighted by atomic mass is 16.6. The van der Waals surface area contributed by atoms with Crippen molar-refractivity contribution in [2.24, 2.45) is 5.92 Å². The summed E-state index contributed by atoms with van der Waals surface area (Å²) in [5.41, 5.74) is 0. The molecule has 5 nitrogen and oxygen atoms in total. The molecule has 1 fully saturated rings. The Morgan fingerprint density at radius 2 is 2.33 bits per heavy atom. The zero-order valence-corrected chi connectivity index (χ0v) is 9.05. The van der Waals surface area contributed by atoms with Crippen LogP contribution in [0.25, 0.3) is 0 Å². The third kappa shape index (κ3) is 2.16. The molecular weight excluding hydrogens is 196 g/mol. The monoisotopic (exact) mass is 212 g/mol. The van der Waals surface area contributed by atoms with Crippen molar-refractivity contribution in [3.8, 4) is 0 Å². The van der Waals surface area contributed by atoms with Gasteiger partial charge in [-0.25, -0.2) is 0 Å². The Kier molecular flexibility index (Phi) is 3.44. The smallest absolute Gasteiger partial charge is 0.242 e. The van der Waals surface area contributed by atoms with Gasteiger partial charge in [0.25, 0.3) is 0 Å². The number of nitrogens with zero attached hydrogens (tertiary/aromatic N) is 2. The van der Waals surface area contributed by atoms with Gasteiger partial charge in [-0.3, -0.25) is 14.9 Å². The average Bonchev–Trinajstić information content (AvgIpc) is 2.45. The van der Waals surface area contributed by atoms with Crippen LogP contribution in [-0.4, -0.2) is 34.4 Å². The van der Waals surface area contributed by atoms with Gasteiger partial charge in [-0.05, 0) is 5.92 Å². The lowest BCUT2D eigenvalue weighted by atomic mass is 9.98. The Morgan fingerprint density at radius 3 is 2.73 bits per heavy atom. The van der Waals surface area contributed by atoms with E-state index >= 15 is 0 Å². The number of carbonyl (C=O) groups is 1. The van der Waals surface area contributed by atoms with Crippen LogP contribution in [0.1, 0.15) is 20.3 Å². The molecule has 0 aromatic heterocycles. The molecule has 84 valence electrons. The van der Waals surface area contributed by atoms with E-state index in [1.165, 1.54) is 0 Å². The third-order valence-electron chi connectivity index (χ3n) is 2.74. The fraction of sp³-hybridized carbons (Fsp3) is 0.700. The van der Waals surface area contributed by atoms with Gasteiger partial charge in [0, 0.05) is 11.5 Å². The van der Waals surface area contributed by atoms with Crippen LogP contribution in [0.2, 0.25) is 0 Å². The fourth-order valence-corrected chi connectivity index (χ4v) is 2.16. The van der Waals surface area contributed by atoms with Gasteiger partial charge in [-0.2, -0.15) is 0 Å². The molecule has 0 bridgehead atoms. The van der Waals surface area contributed by atoms with Crippen molar-refractivity contribution >= 4 is 5.91 Å². The van der Waals surface area contributed by atoms with Crippen LogP contribution in [0.15, 0.2) is 12.7 Å². The lowest BCUT2D eigenvalue weighted by Crippen LogP contribution is -2.43. The molecule has 2 atom stereocenters. The Hall–Kier alpha value is -1.39. The molecule has 0 radical (unpaired) electrons. The molecule has 15 heavy (non-hydrogen) atoms. The van der Waals surface area contributed by atoms with E-state index in [-0.39, 0.29) is 29.2 Å². The van der Waals surface area contributed by atoms with Crippen molar-refractivity contribution in [2.45, 2.75) is 32.4 Å². The Bertz CT molecular complexity index is 288. The van der Waals surface area contributed by atoms with Crippen LogP contribution < -0.4 is 0 Å². The molecule has 0 aliphatic carbocycles. The number of rotatable bonds is 4. The van der Waals surface area contributed by atoms with Gasteiger partial charge in [0.15, 0.2) is 0 Å². The van der Waals surface area contributed by atoms with Crippen molar-refractivity contribution in [3.63, 3.8) is 0 Å². The van der Waals surface area contributed by atoms with Crippen LogP contribution in [-0.2, 0) is 4.79 Å². The molecule has 0 aromatic carbocycles. The molecule has 1 aliphatic rings. The summed E-state index contributed by atoms with van der Waals surface area (Å²) in [6, 6.07) is -1.07.